The van der Waals surface area contributed by atoms with Crippen LogP contribution in [0.25, 0.3) is 33.4 Å². The fourth-order valence-electron chi connectivity index (χ4n) is 3.21. The second-order valence-corrected chi connectivity index (χ2v) is 9.44. The lowest BCUT2D eigenvalue weighted by molar-refractivity contribution is 0.595. The molecule has 0 saturated heterocycles. The molecule has 12 nitrogen and oxygen atoms in total. The van der Waals surface area contributed by atoms with Gasteiger partial charge in [0.25, 0.3) is 5.56 Å². The van der Waals surface area contributed by atoms with Gasteiger partial charge in [0.1, 0.15) is 4.90 Å². The van der Waals surface area contributed by atoms with E-state index in [9.17, 15) is 17.4 Å². The summed E-state index contributed by atoms with van der Waals surface area (Å²) in [7, 11) is -6.09. The molecule has 0 radical (unpaired) electrons. The fraction of sp³-hybridized carbons (Fsp3) is 0.118. The largest absolute Gasteiger partial charge is 0.330 e. The monoisotopic (exact) mass is 460 g/mol. The van der Waals surface area contributed by atoms with E-state index in [1.807, 2.05) is 0 Å². The Morgan fingerprint density at radius 3 is 2.65 bits per heavy atom. The van der Waals surface area contributed by atoms with E-state index in [-0.39, 0.29) is 39.0 Å². The van der Waals surface area contributed by atoms with Gasteiger partial charge < -0.3 is 10.7 Å². The number of nitrogens with one attached hydrogen (secondary N) is 2. The number of rotatable bonds is 6. The highest BCUT2D eigenvalue weighted by molar-refractivity contribution is 7.91. The van der Waals surface area contributed by atoms with E-state index < -0.39 is 20.8 Å². The highest BCUT2D eigenvalue weighted by Gasteiger charge is 2.28. The Hall–Kier alpha value is -3.33. The van der Waals surface area contributed by atoms with Crippen LogP contribution in [-0.2, 0) is 20.8 Å². The zero-order chi connectivity index (χ0) is 22.2. The van der Waals surface area contributed by atoms with Crippen LogP contribution in [0, 0.1) is 0 Å². The summed E-state index contributed by atoms with van der Waals surface area (Å²) in [5.41, 5.74) is 6.51. The van der Waals surface area contributed by atoms with Gasteiger partial charge in [-0.15, -0.1) is 10.2 Å². The number of benzene rings is 2. The Balaban J connectivity index is 2.08. The van der Waals surface area contributed by atoms with Gasteiger partial charge in [-0.25, -0.2) is 18.5 Å². The van der Waals surface area contributed by atoms with Gasteiger partial charge >= 0.3 is 0 Å². The first-order chi connectivity index (χ1) is 14.8. The molecule has 0 saturated carbocycles. The van der Waals surface area contributed by atoms with Crippen LogP contribution in [0.4, 0.5) is 0 Å². The number of aromatic nitrogens is 6. The van der Waals surface area contributed by atoms with Gasteiger partial charge in [0.05, 0.1) is 38.5 Å². The maximum absolute atomic E-state index is 12.7. The van der Waals surface area contributed by atoms with Crippen molar-refractivity contribution in [1.29, 1.82) is 0 Å². The van der Waals surface area contributed by atoms with Crippen LogP contribution in [0.3, 0.4) is 0 Å². The van der Waals surface area contributed by atoms with E-state index in [2.05, 4.69) is 30.6 Å². The van der Waals surface area contributed by atoms with Crippen LogP contribution in [0.1, 0.15) is 0 Å². The Labute approximate surface area is 177 Å². The summed E-state index contributed by atoms with van der Waals surface area (Å²) < 4.78 is 37.9. The van der Waals surface area contributed by atoms with E-state index in [1.165, 1.54) is 12.4 Å². The summed E-state index contributed by atoms with van der Waals surface area (Å²) in [4.78, 5) is 18.2. The molecule has 4 rings (SSSR count). The molecule has 2 aromatic carbocycles. The molecule has 0 fully saturated rings. The number of fused-ring (bicyclic) bond motifs is 1. The molecule has 160 valence electrons. The van der Waals surface area contributed by atoms with Crippen LogP contribution < -0.4 is 16.4 Å². The lowest BCUT2D eigenvalue weighted by atomic mass is 9.98. The molecule has 0 amide bonds. The minimum Gasteiger partial charge on any atom is -0.330 e. The van der Waals surface area contributed by atoms with Gasteiger partial charge in [0.2, 0.25) is 15.8 Å². The van der Waals surface area contributed by atoms with E-state index in [0.717, 1.165) is 0 Å². The normalized spacial score (nSPS) is 12.8. The number of nitrogens with zero attached hydrogens (tertiary/aromatic N) is 4. The quantitative estimate of drug-likeness (QED) is 0.292. The topological polar surface area (TPSA) is 203 Å². The first kappa shape index (κ1) is 20.9. The van der Waals surface area contributed by atoms with Gasteiger partial charge in [0, 0.05) is 12.3 Å². The average Bonchev–Trinajstić information content (AvgIpc) is 3.27. The van der Waals surface area contributed by atoms with Crippen LogP contribution in [-0.4, -0.2) is 55.5 Å². The molecule has 0 aliphatic heterocycles. The molecule has 2 heterocycles. The van der Waals surface area contributed by atoms with Crippen molar-refractivity contribution in [2.45, 2.75) is 9.79 Å². The second kappa shape index (κ2) is 8.07. The molecular weight excluding hydrogens is 444 g/mol. The Kier molecular flexibility index (Phi) is 5.45. The van der Waals surface area contributed by atoms with Crippen LogP contribution in [0.5, 0.6) is 0 Å². The molecule has 31 heavy (non-hydrogen) atoms. The third-order valence-corrected chi connectivity index (χ3v) is 7.04. The third-order valence-electron chi connectivity index (χ3n) is 4.48. The Morgan fingerprint density at radius 1 is 1.16 bits per heavy atom. The van der Waals surface area contributed by atoms with E-state index >= 15 is 0 Å². The third kappa shape index (κ3) is 3.88. The summed E-state index contributed by atoms with van der Waals surface area (Å²) in [6.45, 7) is 0.0842. The number of nitrogens with two attached hydrogens (primary N) is 2. The maximum atomic E-state index is 12.7. The van der Waals surface area contributed by atoms with Crippen molar-refractivity contribution in [1.82, 2.24) is 30.6 Å². The number of sulfonamides is 1. The zero-order valence-electron chi connectivity index (χ0n) is 15.8. The summed E-state index contributed by atoms with van der Waals surface area (Å²) >= 11 is 0. The Morgan fingerprint density at radius 2 is 1.97 bits per heavy atom. The molecule has 6 N–H and O–H groups in total. The average molecular weight is 461 g/mol. The summed E-state index contributed by atoms with van der Waals surface area (Å²) in [5, 5.41) is 19.5. The smallest absolute Gasteiger partial charge is 0.258 e. The number of H-pyrrole nitrogens is 2. The van der Waals surface area contributed by atoms with Crippen molar-refractivity contribution >= 4 is 31.7 Å². The van der Waals surface area contributed by atoms with Crippen LogP contribution in [0.15, 0.2) is 51.2 Å². The molecule has 4 aromatic rings. The number of hydrogen-bond donors (Lipinski definition) is 4. The number of aromatic amines is 2. The molecule has 14 heteroatoms. The van der Waals surface area contributed by atoms with Crippen LogP contribution in [0.2, 0.25) is 0 Å². The van der Waals surface area contributed by atoms with Gasteiger partial charge in [-0.05, 0) is 34.5 Å². The zero-order valence-corrected chi connectivity index (χ0v) is 17.4. The van der Waals surface area contributed by atoms with E-state index in [4.69, 9.17) is 10.9 Å². The SMILES string of the molecule is NCCS(=O)c1ccc(-c2ccc3c(=O)[nH]cnc3c2)c(-c2nn[nH]n2)c1S(N)(=O)=O. The summed E-state index contributed by atoms with van der Waals surface area (Å²) in [6, 6.07) is 7.81. The van der Waals surface area contributed by atoms with Crippen molar-refractivity contribution in [3.63, 3.8) is 0 Å². The number of tetrazole rings is 1. The van der Waals surface area contributed by atoms with Gasteiger partial charge in [0.15, 0.2) is 0 Å². The first-order valence-electron chi connectivity index (χ1n) is 8.81. The molecule has 2 aromatic heterocycles. The summed E-state index contributed by atoms with van der Waals surface area (Å²) in [6.07, 6.45) is 1.27. The molecule has 0 aliphatic carbocycles. The lowest BCUT2D eigenvalue weighted by Crippen LogP contribution is -2.19. The van der Waals surface area contributed by atoms with Crippen molar-refractivity contribution in [3.05, 3.63) is 47.0 Å². The Bertz CT molecular complexity index is 1470. The molecule has 0 aliphatic rings. The highest BCUT2D eigenvalue weighted by Crippen LogP contribution is 2.38. The van der Waals surface area contributed by atoms with Crippen molar-refractivity contribution < 1.29 is 12.6 Å². The van der Waals surface area contributed by atoms with Gasteiger partial charge in [-0.1, -0.05) is 12.1 Å². The second-order valence-electron chi connectivity index (χ2n) is 6.40. The molecule has 1 atom stereocenters. The summed E-state index contributed by atoms with van der Waals surface area (Å²) in [5.74, 6) is -0.0134. The standard InChI is InChI=1S/C17H16N8O4S2/c18-5-6-30(27)13-4-3-10(9-1-2-11-12(7-9)20-8-21-17(11)26)14(15(13)31(19,28)29)16-22-24-25-23-16/h1-4,7-8H,5-6,18H2,(H2,19,28,29)(H,20,21,26)(H,22,23,24,25). The minimum absolute atomic E-state index is 0.00754. The predicted octanol–water partition coefficient (Wildman–Crippen LogP) is -0.516. The fourth-order valence-corrected chi connectivity index (χ4v) is 5.63. The first-order valence-corrected chi connectivity index (χ1v) is 11.7. The van der Waals surface area contributed by atoms with Crippen LogP contribution >= 0.6 is 0 Å². The predicted molar refractivity (Wildman–Crippen MR) is 113 cm³/mol. The number of primary sulfonamides is 1. The maximum Gasteiger partial charge on any atom is 0.258 e. The molecular formula is C17H16N8O4S2. The lowest BCUT2D eigenvalue weighted by Gasteiger charge is -2.15. The van der Waals surface area contributed by atoms with E-state index in [0.29, 0.717) is 22.0 Å². The highest BCUT2D eigenvalue weighted by atomic mass is 32.2. The molecule has 0 bridgehead atoms. The molecule has 0 spiro atoms. The molecule has 1 unspecified atom stereocenters. The van der Waals surface area contributed by atoms with Crippen molar-refractivity contribution in [2.75, 3.05) is 12.3 Å². The van der Waals surface area contributed by atoms with E-state index in [1.54, 1.807) is 24.3 Å². The van der Waals surface area contributed by atoms with Gasteiger partial charge in [-0.2, -0.15) is 5.21 Å². The minimum atomic E-state index is -4.36. The number of hydrogen-bond acceptors (Lipinski definition) is 9. The van der Waals surface area contributed by atoms with Gasteiger partial charge in [-0.3, -0.25) is 9.00 Å². The van der Waals surface area contributed by atoms with Crippen molar-refractivity contribution in [2.24, 2.45) is 10.9 Å². The van der Waals surface area contributed by atoms with Crippen molar-refractivity contribution in [3.8, 4) is 22.5 Å².